The Morgan fingerprint density at radius 3 is 2.44 bits per heavy atom. The van der Waals surface area contributed by atoms with Crippen LogP contribution in [0.2, 0.25) is 0 Å². The highest BCUT2D eigenvalue weighted by Crippen LogP contribution is 2.14. The molecule has 0 saturated heterocycles. The van der Waals surface area contributed by atoms with Crippen molar-refractivity contribution in [1.29, 1.82) is 0 Å². The Morgan fingerprint density at radius 1 is 1.39 bits per heavy atom. The van der Waals surface area contributed by atoms with Gasteiger partial charge in [-0.05, 0) is 13.8 Å². The predicted molar refractivity (Wildman–Crippen MR) is 66.3 cm³/mol. The van der Waals surface area contributed by atoms with Crippen LogP contribution in [0.25, 0.3) is 0 Å². The Hall–Kier alpha value is -1.85. The fourth-order valence-electron chi connectivity index (χ4n) is 1.74. The number of carbonyl (C=O) groups excluding carboxylic acids is 2. The molecule has 0 radical (unpaired) electrons. The summed E-state index contributed by atoms with van der Waals surface area (Å²) in [4.78, 5) is 24.8. The van der Waals surface area contributed by atoms with Crippen molar-refractivity contribution in [2.24, 2.45) is 7.05 Å². The third-order valence-electron chi connectivity index (χ3n) is 2.95. The molecular weight excluding hydrogens is 234 g/mol. The third-order valence-corrected chi connectivity index (χ3v) is 2.95. The van der Waals surface area contributed by atoms with Crippen molar-refractivity contribution in [2.45, 2.75) is 20.3 Å². The molecule has 0 aliphatic carbocycles. The van der Waals surface area contributed by atoms with Gasteiger partial charge in [0.05, 0.1) is 24.8 Å². The maximum Gasteiger partial charge on any atom is 0.307 e. The van der Waals surface area contributed by atoms with Gasteiger partial charge >= 0.3 is 5.97 Å². The van der Waals surface area contributed by atoms with Crippen molar-refractivity contribution < 1.29 is 14.3 Å². The minimum absolute atomic E-state index is 0.123. The number of ether oxygens (including phenoxy) is 1. The Balaban J connectivity index is 2.77. The molecule has 0 fully saturated rings. The van der Waals surface area contributed by atoms with Crippen LogP contribution in [0.1, 0.15) is 28.2 Å². The number of hydrogen-bond acceptors (Lipinski definition) is 4. The van der Waals surface area contributed by atoms with Crippen LogP contribution >= 0.6 is 0 Å². The van der Waals surface area contributed by atoms with Gasteiger partial charge in [-0.15, -0.1) is 0 Å². The highest BCUT2D eigenvalue weighted by atomic mass is 16.5. The minimum atomic E-state index is -0.325. The summed E-state index contributed by atoms with van der Waals surface area (Å²) in [5.41, 5.74) is 2.12. The first kappa shape index (κ1) is 14.2. The second kappa shape index (κ2) is 5.66. The van der Waals surface area contributed by atoms with E-state index in [0.29, 0.717) is 17.8 Å². The molecule has 0 saturated carbocycles. The number of methoxy groups -OCH3 is 1. The van der Waals surface area contributed by atoms with Gasteiger partial charge in [0, 0.05) is 26.3 Å². The van der Waals surface area contributed by atoms with E-state index in [0.717, 1.165) is 5.69 Å². The first-order valence-electron chi connectivity index (χ1n) is 5.71. The molecule has 6 heteroatoms. The zero-order valence-corrected chi connectivity index (χ0v) is 11.5. The van der Waals surface area contributed by atoms with Crippen LogP contribution in [0.15, 0.2) is 0 Å². The molecular formula is C12H19N3O3. The number of aromatic nitrogens is 2. The Morgan fingerprint density at radius 2 is 2.00 bits per heavy atom. The third kappa shape index (κ3) is 2.88. The highest BCUT2D eigenvalue weighted by Gasteiger charge is 2.21. The molecule has 1 aromatic rings. The summed E-state index contributed by atoms with van der Waals surface area (Å²) >= 11 is 0. The number of hydrogen-bond donors (Lipinski definition) is 0. The summed E-state index contributed by atoms with van der Waals surface area (Å²) in [5, 5.41) is 4.20. The zero-order chi connectivity index (χ0) is 13.9. The average Bonchev–Trinajstić information content (AvgIpc) is 2.59. The summed E-state index contributed by atoms with van der Waals surface area (Å²) in [5.74, 6) is -0.448. The summed E-state index contributed by atoms with van der Waals surface area (Å²) in [6.07, 6.45) is 0.192. The summed E-state index contributed by atoms with van der Waals surface area (Å²) < 4.78 is 6.22. The Kier molecular flexibility index (Phi) is 4.47. The molecule has 0 aromatic carbocycles. The standard InChI is InChI=1S/C12H19N3O3/c1-8-11(9(2)15(4)13-8)12(17)14(3)7-6-10(16)18-5/h6-7H2,1-5H3. The average molecular weight is 253 g/mol. The second-order valence-corrected chi connectivity index (χ2v) is 4.22. The van der Waals surface area contributed by atoms with Crippen molar-refractivity contribution >= 4 is 11.9 Å². The van der Waals surface area contributed by atoms with Crippen LogP contribution in [0, 0.1) is 13.8 Å². The van der Waals surface area contributed by atoms with Gasteiger partial charge in [0.25, 0.3) is 5.91 Å². The van der Waals surface area contributed by atoms with Crippen molar-refractivity contribution in [3.05, 3.63) is 17.0 Å². The Labute approximate surface area is 107 Å². The molecule has 100 valence electrons. The van der Waals surface area contributed by atoms with E-state index >= 15 is 0 Å². The first-order valence-corrected chi connectivity index (χ1v) is 5.71. The lowest BCUT2D eigenvalue weighted by atomic mass is 10.1. The molecule has 1 amide bonds. The fourth-order valence-corrected chi connectivity index (χ4v) is 1.74. The molecule has 1 rings (SSSR count). The number of carbonyl (C=O) groups is 2. The molecule has 0 bridgehead atoms. The van der Waals surface area contributed by atoms with Crippen LogP contribution in [0.3, 0.4) is 0 Å². The van der Waals surface area contributed by atoms with Gasteiger partial charge in [-0.2, -0.15) is 5.10 Å². The lowest BCUT2D eigenvalue weighted by Gasteiger charge is -2.16. The van der Waals surface area contributed by atoms with Gasteiger partial charge in [-0.3, -0.25) is 14.3 Å². The number of aryl methyl sites for hydroxylation is 2. The smallest absolute Gasteiger partial charge is 0.307 e. The molecule has 18 heavy (non-hydrogen) atoms. The molecule has 0 aliphatic heterocycles. The monoisotopic (exact) mass is 253 g/mol. The summed E-state index contributed by atoms with van der Waals surface area (Å²) in [7, 11) is 4.80. The maximum atomic E-state index is 12.2. The maximum absolute atomic E-state index is 12.2. The molecule has 0 aliphatic rings. The minimum Gasteiger partial charge on any atom is -0.469 e. The molecule has 0 spiro atoms. The molecule has 6 nitrogen and oxygen atoms in total. The predicted octanol–water partition coefficient (Wildman–Crippen LogP) is 0.672. The van der Waals surface area contributed by atoms with Crippen LogP contribution < -0.4 is 0 Å². The molecule has 1 heterocycles. The number of nitrogens with zero attached hydrogens (tertiary/aromatic N) is 3. The van der Waals surface area contributed by atoms with E-state index in [1.807, 2.05) is 6.92 Å². The number of amides is 1. The van der Waals surface area contributed by atoms with Crippen LogP contribution in [0.4, 0.5) is 0 Å². The second-order valence-electron chi connectivity index (χ2n) is 4.22. The molecule has 0 atom stereocenters. The largest absolute Gasteiger partial charge is 0.469 e. The van der Waals surface area contributed by atoms with Gasteiger partial charge in [0.15, 0.2) is 0 Å². The quantitative estimate of drug-likeness (QED) is 0.740. The lowest BCUT2D eigenvalue weighted by Crippen LogP contribution is -2.30. The SMILES string of the molecule is COC(=O)CCN(C)C(=O)c1c(C)nn(C)c1C. The molecule has 0 unspecified atom stereocenters. The summed E-state index contributed by atoms with van der Waals surface area (Å²) in [6, 6.07) is 0. The van der Waals surface area contributed by atoms with Crippen molar-refractivity contribution in [2.75, 3.05) is 20.7 Å². The van der Waals surface area contributed by atoms with E-state index in [9.17, 15) is 9.59 Å². The van der Waals surface area contributed by atoms with Crippen LogP contribution in [-0.2, 0) is 16.6 Å². The van der Waals surface area contributed by atoms with E-state index < -0.39 is 0 Å². The van der Waals surface area contributed by atoms with Crippen molar-refractivity contribution in [1.82, 2.24) is 14.7 Å². The van der Waals surface area contributed by atoms with Gasteiger partial charge in [0.2, 0.25) is 0 Å². The zero-order valence-electron chi connectivity index (χ0n) is 11.5. The lowest BCUT2D eigenvalue weighted by molar-refractivity contribution is -0.140. The van der Waals surface area contributed by atoms with Crippen molar-refractivity contribution in [3.63, 3.8) is 0 Å². The summed E-state index contributed by atoms with van der Waals surface area (Å²) in [6.45, 7) is 3.98. The van der Waals surface area contributed by atoms with E-state index in [4.69, 9.17) is 0 Å². The highest BCUT2D eigenvalue weighted by molar-refractivity contribution is 5.96. The van der Waals surface area contributed by atoms with Gasteiger partial charge in [-0.25, -0.2) is 0 Å². The van der Waals surface area contributed by atoms with Gasteiger partial charge in [0.1, 0.15) is 0 Å². The van der Waals surface area contributed by atoms with Crippen molar-refractivity contribution in [3.8, 4) is 0 Å². The van der Waals surface area contributed by atoms with Gasteiger partial charge in [-0.1, -0.05) is 0 Å². The van der Waals surface area contributed by atoms with Crippen LogP contribution in [-0.4, -0.2) is 47.3 Å². The number of esters is 1. The van der Waals surface area contributed by atoms with E-state index in [2.05, 4.69) is 9.84 Å². The van der Waals surface area contributed by atoms with Gasteiger partial charge < -0.3 is 9.64 Å². The van der Waals surface area contributed by atoms with E-state index in [1.54, 1.807) is 25.7 Å². The molecule has 0 N–H and O–H groups in total. The normalized spacial score (nSPS) is 10.3. The Bertz CT molecular complexity index is 465. The first-order chi connectivity index (χ1) is 8.38. The van der Waals surface area contributed by atoms with E-state index in [-0.39, 0.29) is 18.3 Å². The fraction of sp³-hybridized carbons (Fsp3) is 0.583. The topological polar surface area (TPSA) is 64.4 Å². The van der Waals surface area contributed by atoms with E-state index in [1.165, 1.54) is 12.0 Å². The van der Waals surface area contributed by atoms with Crippen LogP contribution in [0.5, 0.6) is 0 Å². The molecule has 1 aromatic heterocycles. The number of rotatable bonds is 4.